The number of fused-ring (bicyclic) bond motifs is 1. The zero-order valence-corrected chi connectivity index (χ0v) is 15.9. The first kappa shape index (κ1) is 17.0. The van der Waals surface area contributed by atoms with E-state index in [9.17, 15) is 4.79 Å². The quantitative estimate of drug-likeness (QED) is 0.685. The van der Waals surface area contributed by atoms with Gasteiger partial charge in [0.2, 0.25) is 5.91 Å². The topological polar surface area (TPSA) is 46.3 Å². The highest BCUT2D eigenvalue weighted by atomic mass is 32.1. The molecule has 0 unspecified atom stereocenters. The lowest BCUT2D eigenvalue weighted by Crippen LogP contribution is -2.40. The third-order valence-electron chi connectivity index (χ3n) is 5.17. The standard InChI is InChI=1S/C21H22N2O2S/c1-14-17(15(2)25-22-14)8-9-20(24)23-12-10-19-18(11-13-26-19)21(23)16-6-4-3-5-7-16/h3-7,11,13,21H,8-10,12H2,1-2H3/t21-/m1/s1. The summed E-state index contributed by atoms with van der Waals surface area (Å²) in [5.74, 6) is 1.00. The van der Waals surface area contributed by atoms with Crippen LogP contribution >= 0.6 is 11.3 Å². The second-order valence-electron chi connectivity index (χ2n) is 6.75. The summed E-state index contributed by atoms with van der Waals surface area (Å²) >= 11 is 1.79. The van der Waals surface area contributed by atoms with Crippen molar-refractivity contribution in [3.63, 3.8) is 0 Å². The van der Waals surface area contributed by atoms with Crippen LogP contribution in [0, 0.1) is 13.8 Å². The van der Waals surface area contributed by atoms with Crippen molar-refractivity contribution < 1.29 is 9.32 Å². The van der Waals surface area contributed by atoms with E-state index in [1.54, 1.807) is 11.3 Å². The van der Waals surface area contributed by atoms with Gasteiger partial charge in [-0.25, -0.2) is 0 Å². The zero-order valence-electron chi connectivity index (χ0n) is 15.1. The Morgan fingerprint density at radius 1 is 1.27 bits per heavy atom. The first-order valence-corrected chi connectivity index (χ1v) is 9.85. The van der Waals surface area contributed by atoms with Crippen LogP contribution in [-0.4, -0.2) is 22.5 Å². The number of rotatable bonds is 4. The molecule has 1 amide bonds. The SMILES string of the molecule is Cc1noc(C)c1CCC(=O)N1CCc2sccc2[C@H]1c1ccccc1. The highest BCUT2D eigenvalue weighted by Crippen LogP contribution is 2.38. The van der Waals surface area contributed by atoms with Crippen molar-refractivity contribution >= 4 is 17.2 Å². The lowest BCUT2D eigenvalue weighted by molar-refractivity contribution is -0.133. The van der Waals surface area contributed by atoms with Crippen LogP contribution in [0.5, 0.6) is 0 Å². The molecule has 26 heavy (non-hydrogen) atoms. The first-order chi connectivity index (χ1) is 12.6. The molecule has 1 atom stereocenters. The lowest BCUT2D eigenvalue weighted by Gasteiger charge is -2.36. The Morgan fingerprint density at radius 2 is 2.08 bits per heavy atom. The molecule has 0 aliphatic carbocycles. The molecule has 4 nitrogen and oxygen atoms in total. The van der Waals surface area contributed by atoms with E-state index in [0.717, 1.165) is 30.0 Å². The summed E-state index contributed by atoms with van der Waals surface area (Å²) in [6.45, 7) is 4.61. The van der Waals surface area contributed by atoms with Gasteiger partial charge in [0.1, 0.15) is 5.76 Å². The fourth-order valence-corrected chi connectivity index (χ4v) is 4.72. The van der Waals surface area contributed by atoms with Crippen LogP contribution in [0.15, 0.2) is 46.3 Å². The minimum absolute atomic E-state index is 0.0170. The molecule has 1 aromatic carbocycles. The third-order valence-corrected chi connectivity index (χ3v) is 6.17. The van der Waals surface area contributed by atoms with Crippen molar-refractivity contribution in [3.05, 3.63) is 74.8 Å². The number of carbonyl (C=O) groups excluding carboxylic acids is 1. The molecular weight excluding hydrogens is 344 g/mol. The van der Waals surface area contributed by atoms with Gasteiger partial charge in [0, 0.05) is 23.4 Å². The van der Waals surface area contributed by atoms with Crippen LogP contribution in [0.3, 0.4) is 0 Å². The van der Waals surface area contributed by atoms with Crippen molar-refractivity contribution in [2.75, 3.05) is 6.54 Å². The summed E-state index contributed by atoms with van der Waals surface area (Å²) in [6.07, 6.45) is 2.09. The maximum absolute atomic E-state index is 13.1. The Bertz CT molecular complexity index is 894. The van der Waals surface area contributed by atoms with E-state index in [1.807, 2.05) is 36.9 Å². The zero-order chi connectivity index (χ0) is 18.1. The van der Waals surface area contributed by atoms with Crippen molar-refractivity contribution in [3.8, 4) is 0 Å². The minimum atomic E-state index is 0.0170. The number of benzene rings is 1. The van der Waals surface area contributed by atoms with Crippen LogP contribution in [0.25, 0.3) is 0 Å². The van der Waals surface area contributed by atoms with Gasteiger partial charge in [-0.1, -0.05) is 35.5 Å². The average molecular weight is 366 g/mol. The van der Waals surface area contributed by atoms with Gasteiger partial charge in [-0.3, -0.25) is 4.79 Å². The number of thiophene rings is 1. The van der Waals surface area contributed by atoms with Crippen LogP contribution in [0.1, 0.15) is 45.5 Å². The van der Waals surface area contributed by atoms with E-state index in [4.69, 9.17) is 4.52 Å². The highest BCUT2D eigenvalue weighted by molar-refractivity contribution is 7.10. The summed E-state index contributed by atoms with van der Waals surface area (Å²) in [5.41, 5.74) is 4.40. The molecule has 1 aliphatic rings. The second kappa shape index (κ2) is 7.08. The van der Waals surface area contributed by atoms with Gasteiger partial charge in [-0.2, -0.15) is 0 Å². The number of hydrogen-bond donors (Lipinski definition) is 0. The summed E-state index contributed by atoms with van der Waals surface area (Å²) in [5, 5.41) is 6.13. The normalized spacial score (nSPS) is 16.5. The molecule has 0 bridgehead atoms. The molecular formula is C21H22N2O2S. The molecule has 1 aliphatic heterocycles. The Hall–Kier alpha value is -2.40. The summed E-state index contributed by atoms with van der Waals surface area (Å²) in [6, 6.07) is 12.5. The molecule has 0 fully saturated rings. The van der Waals surface area contributed by atoms with Gasteiger partial charge in [0.05, 0.1) is 11.7 Å². The molecule has 134 valence electrons. The minimum Gasteiger partial charge on any atom is -0.361 e. The predicted octanol–water partition coefficient (Wildman–Crippen LogP) is 4.46. The number of amides is 1. The molecule has 0 spiro atoms. The maximum Gasteiger partial charge on any atom is 0.223 e. The summed E-state index contributed by atoms with van der Waals surface area (Å²) < 4.78 is 5.23. The van der Waals surface area contributed by atoms with E-state index in [-0.39, 0.29) is 11.9 Å². The average Bonchev–Trinajstić information content (AvgIpc) is 3.26. The monoisotopic (exact) mass is 366 g/mol. The maximum atomic E-state index is 13.1. The van der Waals surface area contributed by atoms with Crippen LogP contribution in [0.4, 0.5) is 0 Å². The number of hydrogen-bond acceptors (Lipinski definition) is 4. The number of nitrogens with zero attached hydrogens (tertiary/aromatic N) is 2. The third kappa shape index (κ3) is 3.07. The molecule has 0 radical (unpaired) electrons. The van der Waals surface area contributed by atoms with Crippen LogP contribution in [0.2, 0.25) is 0 Å². The fourth-order valence-electron chi connectivity index (χ4n) is 3.81. The molecule has 3 heterocycles. The Labute approximate surface area is 157 Å². The van der Waals surface area contributed by atoms with E-state index < -0.39 is 0 Å². The molecule has 5 heteroatoms. The van der Waals surface area contributed by atoms with Gasteiger partial charge in [0.25, 0.3) is 0 Å². The molecule has 0 saturated carbocycles. The van der Waals surface area contributed by atoms with Gasteiger partial charge < -0.3 is 9.42 Å². The first-order valence-electron chi connectivity index (χ1n) is 8.97. The summed E-state index contributed by atoms with van der Waals surface area (Å²) in [7, 11) is 0. The number of carbonyl (C=O) groups is 1. The van der Waals surface area contributed by atoms with Crippen molar-refractivity contribution in [1.29, 1.82) is 0 Å². The highest BCUT2D eigenvalue weighted by Gasteiger charge is 2.32. The number of aromatic nitrogens is 1. The smallest absolute Gasteiger partial charge is 0.223 e. The van der Waals surface area contributed by atoms with Gasteiger partial charge >= 0.3 is 0 Å². The van der Waals surface area contributed by atoms with Crippen molar-refractivity contribution in [1.82, 2.24) is 10.1 Å². The van der Waals surface area contributed by atoms with Gasteiger partial charge in [-0.15, -0.1) is 11.3 Å². The molecule has 2 aromatic heterocycles. The second-order valence-corrected chi connectivity index (χ2v) is 7.75. The lowest BCUT2D eigenvalue weighted by atomic mass is 9.92. The predicted molar refractivity (Wildman–Crippen MR) is 102 cm³/mol. The largest absolute Gasteiger partial charge is 0.361 e. The fraction of sp³-hybridized carbons (Fsp3) is 0.333. The Morgan fingerprint density at radius 3 is 2.81 bits per heavy atom. The van der Waals surface area contributed by atoms with Crippen molar-refractivity contribution in [2.45, 2.75) is 39.2 Å². The molecule has 4 rings (SSSR count). The van der Waals surface area contributed by atoms with Crippen LogP contribution in [-0.2, 0) is 17.6 Å². The van der Waals surface area contributed by atoms with E-state index in [1.165, 1.54) is 16.0 Å². The summed E-state index contributed by atoms with van der Waals surface area (Å²) in [4.78, 5) is 16.6. The van der Waals surface area contributed by atoms with Gasteiger partial charge in [-0.05, 0) is 49.3 Å². The molecule has 0 saturated heterocycles. The number of aryl methyl sites for hydroxylation is 2. The van der Waals surface area contributed by atoms with Crippen LogP contribution < -0.4 is 0 Å². The Kier molecular flexibility index (Phi) is 4.64. The van der Waals surface area contributed by atoms with Crippen molar-refractivity contribution in [2.24, 2.45) is 0 Å². The molecule has 3 aromatic rings. The van der Waals surface area contributed by atoms with E-state index in [2.05, 4.69) is 28.7 Å². The Balaban J connectivity index is 1.59. The van der Waals surface area contributed by atoms with Gasteiger partial charge in [0.15, 0.2) is 0 Å². The van der Waals surface area contributed by atoms with E-state index in [0.29, 0.717) is 12.8 Å². The van der Waals surface area contributed by atoms with E-state index >= 15 is 0 Å². The molecule has 0 N–H and O–H groups in total.